The summed E-state index contributed by atoms with van der Waals surface area (Å²) >= 11 is 8.10. The van der Waals surface area contributed by atoms with Gasteiger partial charge < -0.3 is 4.90 Å². The second-order valence-corrected chi connectivity index (χ2v) is 12.0. The fraction of sp³-hybridized carbons (Fsp3) is 0.250. The number of nitrogens with zero attached hydrogens (tertiary/aromatic N) is 3. The number of rotatable bonds is 6. The van der Waals surface area contributed by atoms with Gasteiger partial charge >= 0.3 is 0 Å². The van der Waals surface area contributed by atoms with Crippen molar-refractivity contribution in [3.63, 3.8) is 0 Å². The first kappa shape index (κ1) is 21.9. The Morgan fingerprint density at radius 1 is 1.26 bits per heavy atom. The SMILES string of the molecule is C=C(c1ccccc1)c1csc(N2CCC(S(=O)(=O)c3cc([N+](=O)[O-])c(Cl)s3)CC2)n1. The van der Waals surface area contributed by atoms with E-state index in [2.05, 4.69) is 11.5 Å². The van der Waals surface area contributed by atoms with Crippen LogP contribution in [0.2, 0.25) is 4.34 Å². The van der Waals surface area contributed by atoms with Crippen LogP contribution in [-0.2, 0) is 9.84 Å². The Balaban J connectivity index is 1.44. The molecular formula is C20H18ClN3O4S3. The molecule has 0 amide bonds. The lowest BCUT2D eigenvalue weighted by atomic mass is 10.1. The van der Waals surface area contributed by atoms with Crippen LogP contribution in [0.5, 0.6) is 0 Å². The van der Waals surface area contributed by atoms with Crippen molar-refractivity contribution < 1.29 is 13.3 Å². The van der Waals surface area contributed by atoms with Gasteiger partial charge in [-0.2, -0.15) is 0 Å². The summed E-state index contributed by atoms with van der Waals surface area (Å²) in [5, 5.41) is 13.2. The van der Waals surface area contributed by atoms with E-state index in [0.717, 1.165) is 39.4 Å². The molecule has 0 N–H and O–H groups in total. The quantitative estimate of drug-likeness (QED) is 0.341. The van der Waals surface area contributed by atoms with Crippen molar-refractivity contribution in [2.75, 3.05) is 18.0 Å². The molecule has 2 aromatic heterocycles. The zero-order chi connectivity index (χ0) is 22.2. The van der Waals surface area contributed by atoms with Gasteiger partial charge in [0.2, 0.25) is 0 Å². The Hall–Kier alpha value is -2.27. The summed E-state index contributed by atoms with van der Waals surface area (Å²) in [5.41, 5.74) is 2.29. The molecule has 4 rings (SSSR count). The fourth-order valence-electron chi connectivity index (χ4n) is 3.46. The third-order valence-corrected chi connectivity index (χ3v) is 10.2. The van der Waals surface area contributed by atoms with Crippen molar-refractivity contribution in [2.45, 2.75) is 22.3 Å². The van der Waals surface area contributed by atoms with E-state index in [1.165, 1.54) is 11.3 Å². The molecule has 7 nitrogen and oxygen atoms in total. The number of thiazole rings is 1. The van der Waals surface area contributed by atoms with Crippen LogP contribution in [0.15, 0.2) is 52.6 Å². The molecule has 3 aromatic rings. The summed E-state index contributed by atoms with van der Waals surface area (Å²) in [7, 11) is -3.68. The molecule has 1 fully saturated rings. The highest BCUT2D eigenvalue weighted by Crippen LogP contribution is 2.39. The van der Waals surface area contributed by atoms with Crippen LogP contribution in [0, 0.1) is 10.1 Å². The third-order valence-electron chi connectivity index (χ3n) is 5.20. The number of anilines is 1. The predicted molar refractivity (Wildman–Crippen MR) is 125 cm³/mol. The van der Waals surface area contributed by atoms with E-state index in [1.54, 1.807) is 0 Å². The first-order valence-corrected chi connectivity index (χ1v) is 13.0. The Kier molecular flexibility index (Phi) is 6.16. The Labute approximate surface area is 192 Å². The minimum absolute atomic E-state index is 0.0432. The van der Waals surface area contributed by atoms with Gasteiger partial charge in [0.15, 0.2) is 19.3 Å². The first-order valence-electron chi connectivity index (χ1n) is 9.40. The maximum atomic E-state index is 13.0. The summed E-state index contributed by atoms with van der Waals surface area (Å²) < 4.78 is 25.8. The summed E-state index contributed by atoms with van der Waals surface area (Å²) in [4.78, 5) is 17.1. The number of benzene rings is 1. The zero-order valence-corrected chi connectivity index (χ0v) is 19.4. The van der Waals surface area contributed by atoms with Gasteiger partial charge in [0.1, 0.15) is 4.21 Å². The number of aromatic nitrogens is 1. The van der Waals surface area contributed by atoms with Gasteiger partial charge in [0.25, 0.3) is 5.69 Å². The highest BCUT2D eigenvalue weighted by Gasteiger charge is 2.35. The Morgan fingerprint density at radius 2 is 1.94 bits per heavy atom. The van der Waals surface area contributed by atoms with Gasteiger partial charge in [-0.3, -0.25) is 10.1 Å². The molecule has 1 aliphatic heterocycles. The normalized spacial score (nSPS) is 15.2. The van der Waals surface area contributed by atoms with Crippen molar-refractivity contribution in [3.8, 4) is 0 Å². The molecule has 1 aromatic carbocycles. The minimum atomic E-state index is -3.68. The molecule has 0 atom stereocenters. The van der Waals surface area contributed by atoms with Gasteiger partial charge in [-0.1, -0.05) is 48.5 Å². The first-order chi connectivity index (χ1) is 14.8. The molecule has 0 aliphatic carbocycles. The van der Waals surface area contributed by atoms with Crippen LogP contribution in [0.3, 0.4) is 0 Å². The van der Waals surface area contributed by atoms with E-state index in [1.807, 2.05) is 35.7 Å². The van der Waals surface area contributed by atoms with E-state index in [4.69, 9.17) is 16.6 Å². The summed E-state index contributed by atoms with van der Waals surface area (Å²) in [6.07, 6.45) is 0.834. The van der Waals surface area contributed by atoms with Crippen molar-refractivity contribution in [1.82, 2.24) is 4.98 Å². The van der Waals surface area contributed by atoms with E-state index >= 15 is 0 Å². The maximum absolute atomic E-state index is 13.0. The zero-order valence-electron chi connectivity index (χ0n) is 16.2. The second kappa shape index (κ2) is 8.70. The van der Waals surface area contributed by atoms with Gasteiger partial charge in [-0.25, -0.2) is 13.4 Å². The highest BCUT2D eigenvalue weighted by atomic mass is 35.5. The van der Waals surface area contributed by atoms with Crippen molar-refractivity contribution >= 4 is 60.5 Å². The van der Waals surface area contributed by atoms with Crippen LogP contribution in [0.25, 0.3) is 5.57 Å². The predicted octanol–water partition coefficient (Wildman–Crippen LogP) is 5.27. The van der Waals surface area contributed by atoms with Gasteiger partial charge in [-0.15, -0.1) is 22.7 Å². The van der Waals surface area contributed by atoms with E-state index in [-0.39, 0.29) is 14.2 Å². The third kappa shape index (κ3) is 4.38. The number of sulfone groups is 1. The number of thiophene rings is 1. The summed E-state index contributed by atoms with van der Waals surface area (Å²) in [6.45, 7) is 5.22. The molecule has 1 saturated heterocycles. The average Bonchev–Trinajstić information content (AvgIpc) is 3.41. The Bertz CT molecular complexity index is 1230. The molecule has 3 heterocycles. The van der Waals surface area contributed by atoms with E-state index in [0.29, 0.717) is 25.9 Å². The molecule has 11 heteroatoms. The molecule has 0 unspecified atom stereocenters. The number of halogens is 1. The molecule has 1 aliphatic rings. The van der Waals surface area contributed by atoms with E-state index in [9.17, 15) is 18.5 Å². The lowest BCUT2D eigenvalue weighted by molar-refractivity contribution is -0.384. The van der Waals surface area contributed by atoms with Crippen molar-refractivity contribution in [2.24, 2.45) is 0 Å². The molecule has 31 heavy (non-hydrogen) atoms. The highest BCUT2D eigenvalue weighted by molar-refractivity contribution is 7.94. The second-order valence-electron chi connectivity index (χ2n) is 7.07. The Morgan fingerprint density at radius 3 is 2.55 bits per heavy atom. The van der Waals surface area contributed by atoms with Gasteiger partial charge in [-0.05, 0) is 18.4 Å². The summed E-state index contributed by atoms with van der Waals surface area (Å²) in [5.74, 6) is 0. The smallest absolute Gasteiger partial charge is 0.300 e. The molecule has 0 saturated carbocycles. The number of nitro groups is 1. The fourth-order valence-corrected chi connectivity index (χ4v) is 8.01. The van der Waals surface area contributed by atoms with Crippen LogP contribution < -0.4 is 4.90 Å². The van der Waals surface area contributed by atoms with Crippen molar-refractivity contribution in [3.05, 3.63) is 74.1 Å². The van der Waals surface area contributed by atoms with Gasteiger partial charge in [0.05, 0.1) is 15.9 Å². The topological polar surface area (TPSA) is 93.4 Å². The lowest BCUT2D eigenvalue weighted by Gasteiger charge is -2.31. The molecule has 162 valence electrons. The van der Waals surface area contributed by atoms with Crippen LogP contribution >= 0.6 is 34.3 Å². The van der Waals surface area contributed by atoms with E-state index < -0.39 is 20.0 Å². The summed E-state index contributed by atoms with van der Waals surface area (Å²) in [6, 6.07) is 10.9. The number of piperidine rings is 1. The van der Waals surface area contributed by atoms with Crippen LogP contribution in [-0.4, -0.2) is 36.7 Å². The monoisotopic (exact) mass is 495 g/mol. The van der Waals surface area contributed by atoms with Crippen molar-refractivity contribution in [1.29, 1.82) is 0 Å². The van der Waals surface area contributed by atoms with Gasteiger partial charge in [0, 0.05) is 30.1 Å². The maximum Gasteiger partial charge on any atom is 0.300 e. The molecule has 0 radical (unpaired) electrons. The minimum Gasteiger partial charge on any atom is -0.348 e. The molecule has 0 spiro atoms. The number of hydrogen-bond acceptors (Lipinski definition) is 8. The lowest BCUT2D eigenvalue weighted by Crippen LogP contribution is -2.39. The largest absolute Gasteiger partial charge is 0.348 e. The number of hydrogen-bond donors (Lipinski definition) is 0. The molecular weight excluding hydrogens is 478 g/mol. The standard InChI is InChI=1S/C20H18ClN3O4S3/c1-13(14-5-3-2-4-6-14)16-12-29-20(22-16)23-9-7-15(8-10-23)31(27,28)18-11-17(24(25)26)19(21)30-18/h2-6,11-12,15H,1,7-10H2. The molecule has 0 bridgehead atoms. The average molecular weight is 496 g/mol. The van der Waals surface area contributed by atoms with Crippen LogP contribution in [0.4, 0.5) is 10.8 Å². The van der Waals surface area contributed by atoms with Crippen LogP contribution in [0.1, 0.15) is 24.1 Å².